The second-order valence-electron chi connectivity index (χ2n) is 6.17. The van der Waals surface area contributed by atoms with Gasteiger partial charge in [0.2, 0.25) is 10.3 Å². The van der Waals surface area contributed by atoms with Crippen molar-refractivity contribution >= 4 is 27.6 Å². The zero-order chi connectivity index (χ0) is 14.9. The summed E-state index contributed by atoms with van der Waals surface area (Å²) in [5, 5.41) is 13.6. The molecule has 4 rings (SSSR count). The smallest absolute Gasteiger partial charge is 0.326 e. The monoisotopic (exact) mass is 322 g/mol. The van der Waals surface area contributed by atoms with Gasteiger partial charge in [-0.25, -0.2) is 4.79 Å². The quantitative estimate of drug-likeness (QED) is 0.904. The van der Waals surface area contributed by atoms with Crippen LogP contribution in [0.25, 0.3) is 0 Å². The maximum Gasteiger partial charge on any atom is 0.326 e. The molecule has 1 aromatic rings. The Morgan fingerprint density at radius 2 is 1.73 bits per heavy atom. The number of hydrogen-bond donors (Lipinski definition) is 1. The number of anilines is 2. The molecule has 2 saturated heterocycles. The van der Waals surface area contributed by atoms with E-state index in [0.717, 1.165) is 62.4 Å². The van der Waals surface area contributed by atoms with E-state index < -0.39 is 0 Å². The van der Waals surface area contributed by atoms with E-state index in [1.54, 1.807) is 0 Å². The summed E-state index contributed by atoms with van der Waals surface area (Å²) in [6, 6.07) is 0.563. The number of aromatic nitrogens is 2. The summed E-state index contributed by atoms with van der Waals surface area (Å²) in [7, 11) is 0. The molecule has 0 atom stereocenters. The van der Waals surface area contributed by atoms with E-state index in [-0.39, 0.29) is 6.03 Å². The van der Waals surface area contributed by atoms with Gasteiger partial charge in [0, 0.05) is 45.3 Å². The summed E-state index contributed by atoms with van der Waals surface area (Å²) in [5.74, 6) is 0. The SMILES string of the molecule is O=C1N(c2nnc(N3CCNCC3)s2)CCN1C1CCCC1. The van der Waals surface area contributed by atoms with Crippen LogP contribution < -0.4 is 15.1 Å². The molecule has 3 aliphatic rings. The molecular formula is C14H22N6OS. The van der Waals surface area contributed by atoms with Crippen molar-refractivity contribution in [2.45, 2.75) is 31.7 Å². The minimum Gasteiger partial charge on any atom is -0.344 e. The second-order valence-corrected chi connectivity index (χ2v) is 7.10. The first-order valence-electron chi connectivity index (χ1n) is 8.20. The highest BCUT2D eigenvalue weighted by molar-refractivity contribution is 7.19. The highest BCUT2D eigenvalue weighted by Crippen LogP contribution is 2.32. The van der Waals surface area contributed by atoms with Gasteiger partial charge in [0.05, 0.1) is 0 Å². The van der Waals surface area contributed by atoms with Crippen LogP contribution in [0, 0.1) is 0 Å². The second kappa shape index (κ2) is 6.00. The Labute approximate surface area is 134 Å². The van der Waals surface area contributed by atoms with Gasteiger partial charge in [-0.3, -0.25) is 4.90 Å². The van der Waals surface area contributed by atoms with Gasteiger partial charge in [0.1, 0.15) is 0 Å². The minimum atomic E-state index is 0.120. The first-order chi connectivity index (χ1) is 10.8. The predicted octanol–water partition coefficient (Wildman–Crippen LogP) is 1.13. The lowest BCUT2D eigenvalue weighted by Crippen LogP contribution is -2.43. The van der Waals surface area contributed by atoms with Crippen molar-refractivity contribution in [2.24, 2.45) is 0 Å². The molecule has 2 amide bonds. The van der Waals surface area contributed by atoms with Crippen molar-refractivity contribution in [3.05, 3.63) is 0 Å². The Hall–Kier alpha value is -1.41. The highest BCUT2D eigenvalue weighted by Gasteiger charge is 2.37. The zero-order valence-corrected chi connectivity index (χ0v) is 13.5. The van der Waals surface area contributed by atoms with Crippen LogP contribution in [0.3, 0.4) is 0 Å². The molecule has 0 unspecified atom stereocenters. The van der Waals surface area contributed by atoms with Crippen LogP contribution in [0.1, 0.15) is 25.7 Å². The molecule has 0 bridgehead atoms. The van der Waals surface area contributed by atoms with Crippen molar-refractivity contribution < 1.29 is 4.79 Å². The molecule has 0 spiro atoms. The average Bonchev–Trinajstić information content (AvgIpc) is 3.28. The minimum absolute atomic E-state index is 0.120. The largest absolute Gasteiger partial charge is 0.344 e. The number of carbonyl (C=O) groups is 1. The van der Waals surface area contributed by atoms with Crippen molar-refractivity contribution in [1.29, 1.82) is 0 Å². The first kappa shape index (κ1) is 14.2. The van der Waals surface area contributed by atoms with Crippen LogP contribution in [-0.4, -0.2) is 66.4 Å². The number of carbonyl (C=O) groups excluding carboxylic acids is 1. The van der Waals surface area contributed by atoms with E-state index in [0.29, 0.717) is 6.04 Å². The molecule has 1 aliphatic carbocycles. The van der Waals surface area contributed by atoms with Gasteiger partial charge in [-0.1, -0.05) is 24.2 Å². The molecule has 1 saturated carbocycles. The first-order valence-corrected chi connectivity index (χ1v) is 9.02. The lowest BCUT2D eigenvalue weighted by Gasteiger charge is -2.26. The van der Waals surface area contributed by atoms with Crippen LogP contribution in [0.2, 0.25) is 0 Å². The Morgan fingerprint density at radius 1 is 1.00 bits per heavy atom. The van der Waals surface area contributed by atoms with Gasteiger partial charge >= 0.3 is 6.03 Å². The van der Waals surface area contributed by atoms with Gasteiger partial charge < -0.3 is 15.1 Å². The lowest BCUT2D eigenvalue weighted by atomic mass is 10.2. The van der Waals surface area contributed by atoms with Gasteiger partial charge in [-0.15, -0.1) is 10.2 Å². The molecule has 3 heterocycles. The standard InChI is InChI=1S/C14H22N6OS/c21-14-19(11-3-1-2-4-11)9-10-20(14)13-17-16-12(22-13)18-7-5-15-6-8-18/h11,15H,1-10H2. The number of nitrogens with one attached hydrogen (secondary N) is 1. The topological polar surface area (TPSA) is 64.6 Å². The lowest BCUT2D eigenvalue weighted by molar-refractivity contribution is 0.201. The van der Waals surface area contributed by atoms with Crippen LogP contribution >= 0.6 is 11.3 Å². The fourth-order valence-corrected chi connectivity index (χ4v) is 4.51. The van der Waals surface area contributed by atoms with Gasteiger partial charge in [-0.2, -0.15) is 0 Å². The van der Waals surface area contributed by atoms with Crippen LogP contribution in [-0.2, 0) is 0 Å². The number of hydrogen-bond acceptors (Lipinski definition) is 6. The Balaban J connectivity index is 1.46. The van der Waals surface area contributed by atoms with Gasteiger partial charge in [0.15, 0.2) is 0 Å². The van der Waals surface area contributed by atoms with E-state index in [9.17, 15) is 4.79 Å². The van der Waals surface area contributed by atoms with Crippen molar-refractivity contribution in [2.75, 3.05) is 49.1 Å². The fraction of sp³-hybridized carbons (Fsp3) is 0.786. The summed E-state index contributed by atoms with van der Waals surface area (Å²) < 4.78 is 0. The van der Waals surface area contributed by atoms with E-state index in [2.05, 4.69) is 20.4 Å². The number of urea groups is 1. The summed E-state index contributed by atoms with van der Waals surface area (Å²) in [6.45, 7) is 5.44. The molecule has 0 radical (unpaired) electrons. The van der Waals surface area contributed by atoms with Crippen molar-refractivity contribution in [3.63, 3.8) is 0 Å². The summed E-state index contributed by atoms with van der Waals surface area (Å²) in [4.78, 5) is 18.7. The van der Waals surface area contributed by atoms with Crippen LogP contribution in [0.5, 0.6) is 0 Å². The predicted molar refractivity (Wildman–Crippen MR) is 86.7 cm³/mol. The molecule has 1 N–H and O–H groups in total. The van der Waals surface area contributed by atoms with E-state index in [1.165, 1.54) is 24.2 Å². The van der Waals surface area contributed by atoms with Gasteiger partial charge in [0.25, 0.3) is 0 Å². The summed E-state index contributed by atoms with van der Waals surface area (Å²) >= 11 is 1.54. The normalized spacial score (nSPS) is 23.8. The molecule has 3 fully saturated rings. The third kappa shape index (κ3) is 2.54. The molecule has 120 valence electrons. The number of nitrogens with zero attached hydrogens (tertiary/aromatic N) is 5. The third-order valence-corrected chi connectivity index (χ3v) is 5.84. The Kier molecular flexibility index (Phi) is 3.87. The van der Waals surface area contributed by atoms with E-state index in [4.69, 9.17) is 0 Å². The summed E-state index contributed by atoms with van der Waals surface area (Å²) in [6.07, 6.45) is 4.81. The molecule has 2 aliphatic heterocycles. The molecule has 0 aromatic carbocycles. The molecular weight excluding hydrogens is 300 g/mol. The maximum absolute atomic E-state index is 12.6. The van der Waals surface area contributed by atoms with Crippen LogP contribution in [0.15, 0.2) is 0 Å². The highest BCUT2D eigenvalue weighted by atomic mass is 32.1. The van der Waals surface area contributed by atoms with Crippen molar-refractivity contribution in [1.82, 2.24) is 20.4 Å². The van der Waals surface area contributed by atoms with Gasteiger partial charge in [-0.05, 0) is 12.8 Å². The molecule has 1 aromatic heterocycles. The zero-order valence-electron chi connectivity index (χ0n) is 12.7. The third-order valence-electron chi connectivity index (χ3n) is 4.83. The molecule has 22 heavy (non-hydrogen) atoms. The fourth-order valence-electron chi connectivity index (χ4n) is 3.59. The average molecular weight is 322 g/mol. The van der Waals surface area contributed by atoms with Crippen molar-refractivity contribution in [3.8, 4) is 0 Å². The number of amides is 2. The number of rotatable bonds is 3. The number of piperazine rings is 1. The van der Waals surface area contributed by atoms with E-state index in [1.807, 2.05) is 9.80 Å². The summed E-state index contributed by atoms with van der Waals surface area (Å²) in [5.41, 5.74) is 0. The van der Waals surface area contributed by atoms with E-state index >= 15 is 0 Å². The molecule has 8 heteroatoms. The Morgan fingerprint density at radius 3 is 2.50 bits per heavy atom. The molecule has 7 nitrogen and oxygen atoms in total. The Bertz CT molecular complexity index is 537. The van der Waals surface area contributed by atoms with Crippen LogP contribution in [0.4, 0.5) is 15.1 Å². The maximum atomic E-state index is 12.6.